The lowest BCUT2D eigenvalue weighted by molar-refractivity contribution is 0.618. The van der Waals surface area contributed by atoms with Crippen molar-refractivity contribution < 1.29 is 4.39 Å². The van der Waals surface area contributed by atoms with Crippen LogP contribution in [0.25, 0.3) is 0 Å². The Bertz CT molecular complexity index is 658. The molecule has 0 amide bonds. The van der Waals surface area contributed by atoms with Crippen LogP contribution >= 0.6 is 0 Å². The predicted molar refractivity (Wildman–Crippen MR) is 82.3 cm³/mol. The highest BCUT2D eigenvalue weighted by Crippen LogP contribution is 2.12. The molecule has 2 aromatic carbocycles. The Morgan fingerprint density at radius 2 is 1.70 bits per heavy atom. The lowest BCUT2D eigenvalue weighted by Crippen LogP contribution is -2.04. The summed E-state index contributed by atoms with van der Waals surface area (Å²) in [4.78, 5) is 8.75. The van der Waals surface area contributed by atoms with Crippen LogP contribution in [0.5, 0.6) is 0 Å². The molecular formula is C17H17FN2. The van der Waals surface area contributed by atoms with E-state index in [1.165, 1.54) is 6.07 Å². The van der Waals surface area contributed by atoms with Gasteiger partial charge in [-0.2, -0.15) is 0 Å². The van der Waals surface area contributed by atoms with Crippen LogP contribution in [0.15, 0.2) is 58.5 Å². The molecule has 0 aromatic heterocycles. The van der Waals surface area contributed by atoms with Crippen molar-refractivity contribution in [3.63, 3.8) is 0 Å². The molecule has 0 aliphatic carbocycles. The number of hydrogen-bond acceptors (Lipinski definition) is 1. The molecule has 0 bridgehead atoms. The second-order valence-corrected chi connectivity index (χ2v) is 4.57. The van der Waals surface area contributed by atoms with Crippen molar-refractivity contribution in [3.05, 3.63) is 71.0 Å². The van der Waals surface area contributed by atoms with Gasteiger partial charge >= 0.3 is 0 Å². The van der Waals surface area contributed by atoms with Crippen LogP contribution < -0.4 is 0 Å². The van der Waals surface area contributed by atoms with Gasteiger partial charge in [0.25, 0.3) is 0 Å². The number of halogens is 1. The first kappa shape index (κ1) is 14.1. The van der Waals surface area contributed by atoms with E-state index >= 15 is 0 Å². The monoisotopic (exact) mass is 268 g/mol. The van der Waals surface area contributed by atoms with Crippen LogP contribution in [0.1, 0.15) is 23.6 Å². The lowest BCUT2D eigenvalue weighted by Gasteiger charge is -2.05. The summed E-state index contributed by atoms with van der Waals surface area (Å²) in [5.74, 6) is 0.391. The molecule has 0 spiro atoms. The van der Waals surface area contributed by atoms with Crippen LogP contribution in [0.3, 0.4) is 0 Å². The minimum atomic E-state index is -0.215. The zero-order valence-electron chi connectivity index (χ0n) is 11.9. The highest BCUT2D eigenvalue weighted by Gasteiger charge is 2.06. The Morgan fingerprint density at radius 1 is 1.00 bits per heavy atom. The van der Waals surface area contributed by atoms with Crippen molar-refractivity contribution in [2.24, 2.45) is 9.98 Å². The van der Waals surface area contributed by atoms with E-state index in [1.54, 1.807) is 26.1 Å². The fourth-order valence-electron chi connectivity index (χ4n) is 1.93. The maximum Gasteiger partial charge on any atom is 0.154 e. The summed E-state index contributed by atoms with van der Waals surface area (Å²) < 4.78 is 13.3. The predicted octanol–water partition coefficient (Wildman–Crippen LogP) is 4.02. The van der Waals surface area contributed by atoms with Gasteiger partial charge in [-0.25, -0.2) is 9.38 Å². The fraction of sp³-hybridized carbons (Fsp3) is 0.176. The maximum atomic E-state index is 13.3. The summed E-state index contributed by atoms with van der Waals surface area (Å²) in [7, 11) is 1.69. The number of benzene rings is 2. The first-order chi connectivity index (χ1) is 9.61. The van der Waals surface area contributed by atoms with Crippen molar-refractivity contribution >= 4 is 11.5 Å². The third kappa shape index (κ3) is 3.18. The molecule has 0 aliphatic rings. The van der Waals surface area contributed by atoms with Crippen molar-refractivity contribution in [1.29, 1.82) is 0 Å². The van der Waals surface area contributed by atoms with Gasteiger partial charge < -0.3 is 0 Å². The van der Waals surface area contributed by atoms with E-state index in [9.17, 15) is 4.39 Å². The van der Waals surface area contributed by atoms with Crippen LogP contribution in [0, 0.1) is 12.7 Å². The summed E-state index contributed by atoms with van der Waals surface area (Å²) in [6.07, 6.45) is 0. The van der Waals surface area contributed by atoms with Gasteiger partial charge in [0, 0.05) is 18.3 Å². The number of aryl methyl sites for hydroxylation is 1. The molecule has 2 aromatic rings. The summed E-state index contributed by atoms with van der Waals surface area (Å²) in [6.45, 7) is 3.68. The molecule has 0 saturated heterocycles. The van der Waals surface area contributed by atoms with E-state index < -0.39 is 0 Å². The van der Waals surface area contributed by atoms with Crippen LogP contribution in [0.4, 0.5) is 4.39 Å². The zero-order chi connectivity index (χ0) is 14.5. The van der Waals surface area contributed by atoms with Gasteiger partial charge in [0.1, 0.15) is 5.82 Å². The summed E-state index contributed by atoms with van der Waals surface area (Å²) in [6, 6.07) is 14.8. The number of rotatable bonds is 2. The van der Waals surface area contributed by atoms with E-state index in [0.29, 0.717) is 11.4 Å². The standard InChI is InChI=1S/C17H17FN2/c1-12-11-15(9-10-16(12)18)17(19-3)20-13(2)14-7-5-4-6-8-14/h4-11H,1-3H3. The van der Waals surface area contributed by atoms with Crippen LogP contribution in [-0.2, 0) is 0 Å². The lowest BCUT2D eigenvalue weighted by atomic mass is 10.1. The van der Waals surface area contributed by atoms with Gasteiger partial charge in [0.15, 0.2) is 5.84 Å². The molecule has 0 N–H and O–H groups in total. The number of aliphatic imine (C=N–C) groups is 2. The molecule has 2 nitrogen and oxygen atoms in total. The zero-order valence-corrected chi connectivity index (χ0v) is 11.9. The van der Waals surface area contributed by atoms with Gasteiger partial charge in [-0.1, -0.05) is 30.3 Å². The molecule has 0 radical (unpaired) electrons. The Hall–Kier alpha value is -2.29. The molecular weight excluding hydrogens is 251 g/mol. The first-order valence-corrected chi connectivity index (χ1v) is 6.46. The topological polar surface area (TPSA) is 24.7 Å². The average molecular weight is 268 g/mol. The minimum absolute atomic E-state index is 0.215. The van der Waals surface area contributed by atoms with Crippen molar-refractivity contribution in [2.45, 2.75) is 13.8 Å². The van der Waals surface area contributed by atoms with Crippen molar-refractivity contribution in [3.8, 4) is 0 Å². The number of amidine groups is 1. The van der Waals surface area contributed by atoms with Gasteiger partial charge in [0.2, 0.25) is 0 Å². The largest absolute Gasteiger partial charge is 0.270 e. The highest BCUT2D eigenvalue weighted by atomic mass is 19.1. The van der Waals surface area contributed by atoms with Gasteiger partial charge in [-0.05, 0) is 43.2 Å². The quantitative estimate of drug-likeness (QED) is 0.580. The second kappa shape index (κ2) is 6.24. The number of hydrogen-bond donors (Lipinski definition) is 0. The van der Waals surface area contributed by atoms with Crippen molar-refractivity contribution in [2.75, 3.05) is 7.05 Å². The SMILES string of the molecule is CN=C(N=C(C)c1ccccc1)c1ccc(F)c(C)c1. The molecule has 2 rings (SSSR count). The fourth-order valence-corrected chi connectivity index (χ4v) is 1.93. The average Bonchev–Trinajstić information content (AvgIpc) is 2.48. The van der Waals surface area contributed by atoms with E-state index in [1.807, 2.05) is 37.3 Å². The van der Waals surface area contributed by atoms with E-state index in [-0.39, 0.29) is 5.82 Å². The molecule has 0 fully saturated rings. The highest BCUT2D eigenvalue weighted by molar-refractivity contribution is 6.11. The molecule has 0 saturated carbocycles. The third-order valence-electron chi connectivity index (χ3n) is 3.09. The maximum absolute atomic E-state index is 13.3. The van der Waals surface area contributed by atoms with E-state index in [4.69, 9.17) is 0 Å². The normalized spacial score (nSPS) is 12.6. The molecule has 0 unspecified atom stereocenters. The molecule has 0 heterocycles. The van der Waals surface area contributed by atoms with Gasteiger partial charge in [0.05, 0.1) is 0 Å². The van der Waals surface area contributed by atoms with E-state index in [0.717, 1.165) is 16.8 Å². The minimum Gasteiger partial charge on any atom is -0.270 e. The Balaban J connectivity index is 2.36. The molecule has 0 atom stereocenters. The summed E-state index contributed by atoms with van der Waals surface area (Å²) >= 11 is 0. The molecule has 20 heavy (non-hydrogen) atoms. The van der Waals surface area contributed by atoms with E-state index in [2.05, 4.69) is 9.98 Å². The van der Waals surface area contributed by atoms with Crippen LogP contribution in [-0.4, -0.2) is 18.6 Å². The first-order valence-electron chi connectivity index (χ1n) is 6.46. The summed E-state index contributed by atoms with van der Waals surface area (Å²) in [5, 5.41) is 0. The smallest absolute Gasteiger partial charge is 0.154 e. The second-order valence-electron chi connectivity index (χ2n) is 4.57. The van der Waals surface area contributed by atoms with Gasteiger partial charge in [-0.15, -0.1) is 0 Å². The Kier molecular flexibility index (Phi) is 4.41. The Morgan fingerprint density at radius 3 is 2.30 bits per heavy atom. The van der Waals surface area contributed by atoms with Crippen molar-refractivity contribution in [1.82, 2.24) is 0 Å². The van der Waals surface area contributed by atoms with Gasteiger partial charge in [-0.3, -0.25) is 4.99 Å². The molecule has 102 valence electrons. The van der Waals surface area contributed by atoms with Crippen LogP contribution in [0.2, 0.25) is 0 Å². The Labute approximate surface area is 118 Å². The third-order valence-corrected chi connectivity index (χ3v) is 3.09. The number of nitrogens with zero attached hydrogens (tertiary/aromatic N) is 2. The molecule has 3 heteroatoms. The summed E-state index contributed by atoms with van der Waals surface area (Å²) in [5.41, 5.74) is 3.35. The molecule has 0 aliphatic heterocycles.